The summed E-state index contributed by atoms with van der Waals surface area (Å²) in [7, 11) is 1.55. The molecular formula is C21H25ClN3O3+. The van der Waals surface area contributed by atoms with Gasteiger partial charge in [-0.1, -0.05) is 29.8 Å². The van der Waals surface area contributed by atoms with Gasteiger partial charge in [-0.3, -0.25) is 9.59 Å². The Morgan fingerprint density at radius 3 is 2.46 bits per heavy atom. The van der Waals surface area contributed by atoms with Crippen molar-refractivity contribution in [1.29, 1.82) is 0 Å². The molecule has 2 aromatic carbocycles. The van der Waals surface area contributed by atoms with Gasteiger partial charge in [-0.2, -0.15) is 0 Å². The van der Waals surface area contributed by atoms with E-state index in [9.17, 15) is 9.59 Å². The Kier molecular flexibility index (Phi) is 6.54. The van der Waals surface area contributed by atoms with Gasteiger partial charge in [0, 0.05) is 10.6 Å². The molecule has 2 N–H and O–H groups in total. The molecule has 0 spiro atoms. The summed E-state index contributed by atoms with van der Waals surface area (Å²) in [5, 5.41) is 3.44. The van der Waals surface area contributed by atoms with Crippen LogP contribution in [0.4, 0.5) is 5.69 Å². The Bertz CT molecular complexity index is 836. The Morgan fingerprint density at radius 2 is 1.82 bits per heavy atom. The number of quaternary nitrogens is 1. The van der Waals surface area contributed by atoms with Crippen molar-refractivity contribution in [1.82, 2.24) is 4.90 Å². The minimum atomic E-state index is -0.252. The molecule has 3 rings (SSSR count). The lowest BCUT2D eigenvalue weighted by Crippen LogP contribution is -3.19. The van der Waals surface area contributed by atoms with Crippen LogP contribution in [0, 0.1) is 0 Å². The van der Waals surface area contributed by atoms with Crippen molar-refractivity contribution in [3.63, 3.8) is 0 Å². The van der Waals surface area contributed by atoms with Crippen LogP contribution in [0.1, 0.15) is 17.3 Å². The van der Waals surface area contributed by atoms with E-state index in [-0.39, 0.29) is 17.9 Å². The van der Waals surface area contributed by atoms with Gasteiger partial charge in [-0.15, -0.1) is 0 Å². The molecule has 0 aromatic heterocycles. The number of nitrogens with zero attached hydrogens (tertiary/aromatic N) is 1. The number of ether oxygens (including phenoxy) is 1. The summed E-state index contributed by atoms with van der Waals surface area (Å²) in [4.78, 5) is 28.3. The molecule has 0 unspecified atom stereocenters. The number of nitrogens with one attached hydrogen (secondary N) is 2. The molecule has 1 aliphatic heterocycles. The van der Waals surface area contributed by atoms with Gasteiger partial charge < -0.3 is 19.9 Å². The Morgan fingerprint density at radius 1 is 1.14 bits per heavy atom. The lowest BCUT2D eigenvalue weighted by molar-refractivity contribution is -0.917. The molecular weight excluding hydrogens is 378 g/mol. The first-order valence-corrected chi connectivity index (χ1v) is 9.70. The molecule has 0 bridgehead atoms. The summed E-state index contributed by atoms with van der Waals surface area (Å²) in [6.45, 7) is 4.60. The summed E-state index contributed by atoms with van der Waals surface area (Å²) in [5.74, 6) is 0.511. The lowest BCUT2D eigenvalue weighted by Gasteiger charge is -2.34. The first-order chi connectivity index (χ1) is 13.5. The van der Waals surface area contributed by atoms with Crippen molar-refractivity contribution < 1.29 is 19.2 Å². The van der Waals surface area contributed by atoms with Crippen LogP contribution < -0.4 is 15.0 Å². The van der Waals surface area contributed by atoms with Crippen LogP contribution >= 0.6 is 11.6 Å². The standard InChI is InChI=1S/C21H24ClN3O3/c1-15(20(26)23-18-14-17(22)8-9-19(18)28-2)24-10-12-25(13-11-24)21(27)16-6-4-3-5-7-16/h3-9,14-15H,10-13H2,1-2H3,(H,23,26)/p+1/t15-/m0/s1. The van der Waals surface area contributed by atoms with Gasteiger partial charge in [0.05, 0.1) is 39.0 Å². The number of methoxy groups -OCH3 is 1. The quantitative estimate of drug-likeness (QED) is 0.800. The van der Waals surface area contributed by atoms with Crippen molar-refractivity contribution in [3.05, 3.63) is 59.1 Å². The van der Waals surface area contributed by atoms with Gasteiger partial charge in [-0.05, 0) is 37.3 Å². The summed E-state index contributed by atoms with van der Waals surface area (Å²) in [5.41, 5.74) is 1.26. The number of rotatable bonds is 5. The van der Waals surface area contributed by atoms with Gasteiger partial charge in [0.1, 0.15) is 5.75 Å². The van der Waals surface area contributed by atoms with Gasteiger partial charge in [-0.25, -0.2) is 0 Å². The molecule has 1 fully saturated rings. The van der Waals surface area contributed by atoms with Gasteiger partial charge in [0.2, 0.25) is 0 Å². The highest BCUT2D eigenvalue weighted by atomic mass is 35.5. The number of hydrogen-bond acceptors (Lipinski definition) is 3. The van der Waals surface area contributed by atoms with Crippen molar-refractivity contribution in [2.24, 2.45) is 0 Å². The average Bonchev–Trinajstić information content (AvgIpc) is 2.73. The topological polar surface area (TPSA) is 63.1 Å². The maximum absolute atomic E-state index is 12.7. The molecule has 0 radical (unpaired) electrons. The van der Waals surface area contributed by atoms with E-state index in [0.29, 0.717) is 35.1 Å². The molecule has 1 saturated heterocycles. The highest BCUT2D eigenvalue weighted by Gasteiger charge is 2.31. The molecule has 7 heteroatoms. The van der Waals surface area contributed by atoms with Gasteiger partial charge in [0.25, 0.3) is 11.8 Å². The van der Waals surface area contributed by atoms with E-state index in [0.717, 1.165) is 18.0 Å². The van der Waals surface area contributed by atoms with E-state index in [1.54, 1.807) is 25.3 Å². The highest BCUT2D eigenvalue weighted by Crippen LogP contribution is 2.27. The summed E-state index contributed by atoms with van der Waals surface area (Å²) >= 11 is 6.03. The number of hydrogen-bond donors (Lipinski definition) is 2. The van der Waals surface area contributed by atoms with E-state index in [4.69, 9.17) is 16.3 Å². The first-order valence-electron chi connectivity index (χ1n) is 9.33. The molecule has 6 nitrogen and oxygen atoms in total. The number of carbonyl (C=O) groups is 2. The fourth-order valence-corrected chi connectivity index (χ4v) is 3.57. The third-order valence-electron chi connectivity index (χ3n) is 5.14. The maximum Gasteiger partial charge on any atom is 0.282 e. The molecule has 1 heterocycles. The third kappa shape index (κ3) is 4.64. The Labute approximate surface area is 170 Å². The second-order valence-electron chi connectivity index (χ2n) is 6.87. The minimum absolute atomic E-state index is 0.0421. The van der Waals surface area contributed by atoms with Crippen LogP contribution in [0.5, 0.6) is 5.75 Å². The second-order valence-corrected chi connectivity index (χ2v) is 7.31. The zero-order valence-electron chi connectivity index (χ0n) is 16.1. The van der Waals surface area contributed by atoms with Crippen molar-refractivity contribution in [3.8, 4) is 5.75 Å². The van der Waals surface area contributed by atoms with Crippen LogP contribution in [0.25, 0.3) is 0 Å². The number of carbonyl (C=O) groups excluding carboxylic acids is 2. The normalized spacial score (nSPS) is 15.8. The molecule has 2 aromatic rings. The largest absolute Gasteiger partial charge is 0.495 e. The fraction of sp³-hybridized carbons (Fsp3) is 0.333. The summed E-state index contributed by atoms with van der Waals surface area (Å²) in [6.07, 6.45) is 0. The molecule has 0 aliphatic carbocycles. The second kappa shape index (κ2) is 9.08. The lowest BCUT2D eigenvalue weighted by atomic mass is 10.1. The zero-order valence-corrected chi connectivity index (χ0v) is 16.8. The fourth-order valence-electron chi connectivity index (χ4n) is 3.40. The number of benzene rings is 2. The third-order valence-corrected chi connectivity index (χ3v) is 5.37. The smallest absolute Gasteiger partial charge is 0.282 e. The maximum atomic E-state index is 12.7. The monoisotopic (exact) mass is 402 g/mol. The van der Waals surface area contributed by atoms with Crippen LogP contribution in [-0.2, 0) is 4.79 Å². The zero-order chi connectivity index (χ0) is 20.1. The predicted molar refractivity (Wildman–Crippen MR) is 109 cm³/mol. The summed E-state index contributed by atoms with van der Waals surface area (Å²) in [6, 6.07) is 14.2. The minimum Gasteiger partial charge on any atom is -0.495 e. The number of halogens is 1. The molecule has 1 aliphatic rings. The molecule has 0 saturated carbocycles. The first kappa shape index (κ1) is 20.2. The van der Waals surface area contributed by atoms with Crippen molar-refractivity contribution in [2.45, 2.75) is 13.0 Å². The Balaban J connectivity index is 1.57. The van der Waals surface area contributed by atoms with Gasteiger partial charge in [0.15, 0.2) is 6.04 Å². The highest BCUT2D eigenvalue weighted by molar-refractivity contribution is 6.31. The van der Waals surface area contributed by atoms with Crippen LogP contribution in [-0.4, -0.2) is 56.0 Å². The van der Waals surface area contributed by atoms with Crippen LogP contribution in [0.2, 0.25) is 5.02 Å². The van der Waals surface area contributed by atoms with E-state index in [2.05, 4.69) is 5.32 Å². The van der Waals surface area contributed by atoms with E-state index >= 15 is 0 Å². The summed E-state index contributed by atoms with van der Waals surface area (Å²) < 4.78 is 5.28. The molecule has 1 atom stereocenters. The van der Waals surface area contributed by atoms with E-state index in [1.807, 2.05) is 42.2 Å². The average molecular weight is 403 g/mol. The number of piperazine rings is 1. The predicted octanol–water partition coefficient (Wildman–Crippen LogP) is 1.72. The van der Waals surface area contributed by atoms with Gasteiger partial charge >= 0.3 is 0 Å². The number of anilines is 1. The SMILES string of the molecule is COc1ccc(Cl)cc1NC(=O)[C@H](C)[NH+]1CCN(C(=O)c2ccccc2)CC1. The Hall–Kier alpha value is -2.57. The van der Waals surface area contributed by atoms with E-state index < -0.39 is 0 Å². The van der Waals surface area contributed by atoms with Crippen molar-refractivity contribution in [2.75, 3.05) is 38.6 Å². The van der Waals surface area contributed by atoms with Crippen molar-refractivity contribution >= 4 is 29.1 Å². The number of amides is 2. The van der Waals surface area contributed by atoms with Crippen LogP contribution in [0.15, 0.2) is 48.5 Å². The van der Waals surface area contributed by atoms with E-state index in [1.165, 1.54) is 0 Å². The van der Waals surface area contributed by atoms with Crippen LogP contribution in [0.3, 0.4) is 0 Å². The molecule has 28 heavy (non-hydrogen) atoms. The molecule has 2 amide bonds. The molecule has 148 valence electrons.